The summed E-state index contributed by atoms with van der Waals surface area (Å²) in [4.78, 5) is 15.4. The van der Waals surface area contributed by atoms with Crippen molar-refractivity contribution in [3.63, 3.8) is 0 Å². The molecule has 0 rings (SSSR count). The first kappa shape index (κ1) is 11.1. The maximum absolute atomic E-state index is 9.45. The minimum absolute atomic E-state index is 0. The second-order valence-corrected chi connectivity index (χ2v) is 2.42. The van der Waals surface area contributed by atoms with Gasteiger partial charge in [0, 0.05) is 30.5 Å². The van der Waals surface area contributed by atoms with Crippen molar-refractivity contribution in [3.05, 3.63) is 0 Å². The molecule has 0 aliphatic rings. The standard InChI is InChI=1S/Mo.H4O4P2/c;1-6(2,3)4-5/h;5H2,(H2,1,2,3). The van der Waals surface area contributed by atoms with Crippen molar-refractivity contribution in [3.8, 4) is 0 Å². The fourth-order valence-electron chi connectivity index (χ4n) is 0. The van der Waals surface area contributed by atoms with Crippen molar-refractivity contribution in [2.24, 2.45) is 0 Å². The van der Waals surface area contributed by atoms with Gasteiger partial charge in [-0.3, -0.25) is 4.31 Å². The van der Waals surface area contributed by atoms with Crippen LogP contribution in [0.4, 0.5) is 0 Å². The van der Waals surface area contributed by atoms with E-state index in [2.05, 4.69) is 4.31 Å². The van der Waals surface area contributed by atoms with Gasteiger partial charge in [-0.15, -0.1) is 0 Å². The zero-order chi connectivity index (χ0) is 5.21. The molecule has 7 heteroatoms. The van der Waals surface area contributed by atoms with Crippen molar-refractivity contribution >= 4 is 17.3 Å². The summed E-state index contributed by atoms with van der Waals surface area (Å²) in [6.07, 6.45) is 0. The number of rotatable bonds is 1. The molecule has 0 aromatic heterocycles. The first-order chi connectivity index (χ1) is 2.56. The zero-order valence-corrected chi connectivity index (χ0v) is 7.20. The summed E-state index contributed by atoms with van der Waals surface area (Å²) in [5.41, 5.74) is 0. The third-order valence-electron chi connectivity index (χ3n) is 0.137. The number of hydrogen-bond acceptors (Lipinski definition) is 2. The van der Waals surface area contributed by atoms with Gasteiger partial charge in [0.15, 0.2) is 0 Å². The van der Waals surface area contributed by atoms with E-state index < -0.39 is 7.82 Å². The molecule has 0 radical (unpaired) electrons. The molecule has 0 spiro atoms. The monoisotopic (exact) mass is 228 g/mol. The van der Waals surface area contributed by atoms with Crippen molar-refractivity contribution in [2.75, 3.05) is 0 Å². The number of phosphoric acid groups is 1. The van der Waals surface area contributed by atoms with Gasteiger partial charge in [-0.2, -0.15) is 0 Å². The average Bonchev–Trinajstić information content (AvgIpc) is 1.35. The van der Waals surface area contributed by atoms with Crippen LogP contribution < -0.4 is 0 Å². The second kappa shape index (κ2) is 4.14. The molecule has 0 aliphatic carbocycles. The molecule has 44 valence electrons. The third kappa shape index (κ3) is 11.1. The fraction of sp³-hybridized carbons (Fsp3) is 0. The molecule has 0 amide bonds. The van der Waals surface area contributed by atoms with Crippen LogP contribution in [0.25, 0.3) is 0 Å². The van der Waals surface area contributed by atoms with Crippen LogP contribution in [0.15, 0.2) is 0 Å². The molecule has 0 aromatic carbocycles. The van der Waals surface area contributed by atoms with E-state index in [0.29, 0.717) is 0 Å². The van der Waals surface area contributed by atoms with Crippen LogP contribution in [0, 0.1) is 0 Å². The van der Waals surface area contributed by atoms with E-state index in [1.807, 2.05) is 0 Å². The van der Waals surface area contributed by atoms with Gasteiger partial charge >= 0.3 is 7.82 Å². The maximum atomic E-state index is 9.45. The van der Waals surface area contributed by atoms with Crippen molar-refractivity contribution < 1.29 is 39.7 Å². The quantitative estimate of drug-likeness (QED) is 0.483. The van der Waals surface area contributed by atoms with Gasteiger partial charge in [0.1, 0.15) is 0 Å². The first-order valence-electron chi connectivity index (χ1n) is 1.00. The van der Waals surface area contributed by atoms with Crippen LogP contribution in [0.2, 0.25) is 0 Å². The molecule has 2 N–H and O–H groups in total. The molecular weight excluding hydrogens is 222 g/mol. The Morgan fingerprint density at radius 1 is 1.57 bits per heavy atom. The van der Waals surface area contributed by atoms with E-state index in [9.17, 15) is 4.57 Å². The van der Waals surface area contributed by atoms with E-state index in [-0.39, 0.29) is 21.1 Å². The summed E-state index contributed by atoms with van der Waals surface area (Å²) in [5, 5.41) is 0. The molecule has 0 saturated heterocycles. The summed E-state index contributed by atoms with van der Waals surface area (Å²) >= 11 is 0. The molecule has 7 heavy (non-hydrogen) atoms. The van der Waals surface area contributed by atoms with E-state index >= 15 is 0 Å². The van der Waals surface area contributed by atoms with E-state index in [0.717, 1.165) is 0 Å². The summed E-state index contributed by atoms with van der Waals surface area (Å²) in [6.45, 7) is 0. The van der Waals surface area contributed by atoms with Crippen molar-refractivity contribution in [1.29, 1.82) is 0 Å². The summed E-state index contributed by atoms with van der Waals surface area (Å²) in [5.74, 6) is 0. The molecular formula is H4MoO4P2. The van der Waals surface area contributed by atoms with Gasteiger partial charge in [0.05, 0.1) is 0 Å². The summed E-state index contributed by atoms with van der Waals surface area (Å²) in [7, 11) is -2.72. The Hall–Kier alpha value is 1.23. The van der Waals surface area contributed by atoms with Gasteiger partial charge in [-0.25, -0.2) is 4.57 Å². The maximum Gasteiger partial charge on any atom is 0.472 e. The summed E-state index contributed by atoms with van der Waals surface area (Å²) < 4.78 is 13.0. The third-order valence-corrected chi connectivity index (χ3v) is 1.24. The predicted molar refractivity (Wildman–Crippen MR) is 22.8 cm³/mol. The normalized spacial score (nSPS) is 10.1. The molecule has 0 heterocycles. The van der Waals surface area contributed by atoms with Crippen molar-refractivity contribution in [2.45, 2.75) is 0 Å². The van der Waals surface area contributed by atoms with Crippen LogP contribution in [0.1, 0.15) is 0 Å². The molecule has 0 bridgehead atoms. The Labute approximate surface area is 57.4 Å². The van der Waals surface area contributed by atoms with E-state index in [4.69, 9.17) is 9.79 Å². The topological polar surface area (TPSA) is 66.8 Å². The molecule has 1 unspecified atom stereocenters. The predicted octanol–water partition coefficient (Wildman–Crippen LogP) is -0.117. The second-order valence-electron chi connectivity index (χ2n) is 0.596. The molecule has 1 atom stereocenters. The van der Waals surface area contributed by atoms with Gasteiger partial charge < -0.3 is 9.79 Å². The number of hydrogen-bond donors (Lipinski definition) is 2. The van der Waals surface area contributed by atoms with Crippen LogP contribution >= 0.6 is 17.3 Å². The first-order valence-corrected chi connectivity index (χ1v) is 3.00. The zero-order valence-electron chi connectivity index (χ0n) is 3.14. The van der Waals surface area contributed by atoms with Crippen LogP contribution in [0.3, 0.4) is 0 Å². The van der Waals surface area contributed by atoms with E-state index in [1.54, 1.807) is 0 Å². The van der Waals surface area contributed by atoms with Gasteiger partial charge in [-0.05, 0) is 0 Å². The Kier molecular flexibility index (Phi) is 6.56. The summed E-state index contributed by atoms with van der Waals surface area (Å²) in [6, 6.07) is 0. The fourth-order valence-corrected chi connectivity index (χ4v) is 0. The SMILES string of the molecule is O=P(O)(O)OP.[Mo]. The van der Waals surface area contributed by atoms with Crippen LogP contribution in [-0.2, 0) is 29.9 Å². The average molecular weight is 226 g/mol. The van der Waals surface area contributed by atoms with Gasteiger partial charge in [-0.1, -0.05) is 0 Å². The van der Waals surface area contributed by atoms with Crippen LogP contribution in [0.5, 0.6) is 0 Å². The molecule has 0 saturated carbocycles. The van der Waals surface area contributed by atoms with Crippen molar-refractivity contribution in [1.82, 2.24) is 0 Å². The van der Waals surface area contributed by atoms with E-state index in [1.165, 1.54) is 9.47 Å². The van der Waals surface area contributed by atoms with Gasteiger partial charge in [0.2, 0.25) is 0 Å². The Balaban J connectivity index is 0. The smallest absolute Gasteiger partial charge is 0.302 e. The Morgan fingerprint density at radius 2 is 1.71 bits per heavy atom. The van der Waals surface area contributed by atoms with Crippen LogP contribution in [-0.4, -0.2) is 9.79 Å². The molecule has 0 aliphatic heterocycles. The Bertz CT molecular complexity index is 73.8. The Morgan fingerprint density at radius 3 is 1.71 bits per heavy atom. The minimum Gasteiger partial charge on any atom is -0.302 e. The molecule has 0 fully saturated rings. The molecule has 0 aromatic rings. The minimum atomic E-state index is -4.18. The molecule has 4 nitrogen and oxygen atoms in total. The van der Waals surface area contributed by atoms with Gasteiger partial charge in [0.25, 0.3) is 0 Å². The largest absolute Gasteiger partial charge is 0.472 e.